The highest BCUT2D eigenvalue weighted by Crippen LogP contribution is 2.17. The number of nitriles is 1. The number of esters is 1. The third-order valence-corrected chi connectivity index (χ3v) is 4.94. The van der Waals surface area contributed by atoms with E-state index in [1.54, 1.807) is 6.07 Å². The molecule has 0 bridgehead atoms. The molecule has 0 fully saturated rings. The molecule has 108 valence electrons. The molecule has 5 nitrogen and oxygen atoms in total. The number of sulfone groups is 1. The summed E-state index contributed by atoms with van der Waals surface area (Å²) in [6.45, 7) is 1.40. The summed E-state index contributed by atoms with van der Waals surface area (Å²) in [6, 6.07) is 5.19. The number of rotatable bonds is 5. The summed E-state index contributed by atoms with van der Waals surface area (Å²) in [6.07, 6.45) is -0.245. The zero-order chi connectivity index (χ0) is 15.3. The molecule has 7 heteroatoms. The summed E-state index contributed by atoms with van der Waals surface area (Å²) in [5, 5.41) is 7.79. The van der Waals surface area contributed by atoms with Crippen molar-refractivity contribution in [2.45, 2.75) is 24.3 Å². The molecular weight excluding hydrogens is 285 g/mol. The Kier molecular flexibility index (Phi) is 5.22. The largest absolute Gasteiger partial charge is 0.469 e. The van der Waals surface area contributed by atoms with E-state index in [1.165, 1.54) is 26.2 Å². The summed E-state index contributed by atoms with van der Waals surface area (Å²) in [7, 11) is -2.41. The highest BCUT2D eigenvalue weighted by atomic mass is 32.2. The van der Waals surface area contributed by atoms with Crippen LogP contribution in [-0.4, -0.2) is 26.7 Å². The standard InChI is InChI=1S/C13H14FNO4S/c1-9(5-13(16)19-2)20(17,18)8-10-3-4-12(14)11(6-10)7-15/h3-4,6,9H,5,8H2,1-2H3. The highest BCUT2D eigenvalue weighted by molar-refractivity contribution is 7.91. The first-order valence-electron chi connectivity index (χ1n) is 5.77. The van der Waals surface area contributed by atoms with Gasteiger partial charge in [-0.1, -0.05) is 6.07 Å². The first-order valence-corrected chi connectivity index (χ1v) is 7.48. The van der Waals surface area contributed by atoms with Crippen molar-refractivity contribution in [2.24, 2.45) is 0 Å². The molecule has 1 aromatic rings. The maximum absolute atomic E-state index is 13.1. The number of nitrogens with zero attached hydrogens (tertiary/aromatic N) is 1. The van der Waals surface area contributed by atoms with Crippen LogP contribution in [0.5, 0.6) is 0 Å². The quantitative estimate of drug-likeness (QED) is 0.770. The predicted octanol–water partition coefficient (Wildman–Crippen LogP) is 1.56. The molecule has 0 amide bonds. The van der Waals surface area contributed by atoms with Gasteiger partial charge in [0.15, 0.2) is 9.84 Å². The van der Waals surface area contributed by atoms with Gasteiger partial charge in [-0.3, -0.25) is 4.79 Å². The second-order valence-electron chi connectivity index (χ2n) is 4.32. The lowest BCUT2D eigenvalue weighted by atomic mass is 10.1. The molecule has 1 aromatic carbocycles. The van der Waals surface area contributed by atoms with E-state index in [2.05, 4.69) is 4.74 Å². The average molecular weight is 299 g/mol. The Morgan fingerprint density at radius 2 is 2.15 bits per heavy atom. The van der Waals surface area contributed by atoms with Crippen LogP contribution >= 0.6 is 0 Å². The molecule has 1 unspecified atom stereocenters. The Labute approximate surface area is 116 Å². The number of carbonyl (C=O) groups excluding carboxylic acids is 1. The van der Waals surface area contributed by atoms with E-state index in [0.29, 0.717) is 5.56 Å². The van der Waals surface area contributed by atoms with Gasteiger partial charge in [-0.25, -0.2) is 12.8 Å². The normalized spacial score (nSPS) is 12.5. The minimum absolute atomic E-state index is 0.210. The Morgan fingerprint density at radius 1 is 1.50 bits per heavy atom. The van der Waals surface area contributed by atoms with E-state index in [1.807, 2.05) is 0 Å². The van der Waals surface area contributed by atoms with Gasteiger partial charge in [-0.2, -0.15) is 5.26 Å². The Hall–Kier alpha value is -1.94. The van der Waals surface area contributed by atoms with Crippen molar-refractivity contribution in [3.05, 3.63) is 35.1 Å². The van der Waals surface area contributed by atoms with Gasteiger partial charge in [-0.05, 0) is 24.6 Å². The van der Waals surface area contributed by atoms with Gasteiger partial charge in [0.25, 0.3) is 0 Å². The number of halogens is 1. The number of benzene rings is 1. The van der Waals surface area contributed by atoms with E-state index in [4.69, 9.17) is 5.26 Å². The third kappa shape index (κ3) is 4.03. The number of methoxy groups -OCH3 is 1. The lowest BCUT2D eigenvalue weighted by Crippen LogP contribution is -2.23. The van der Waals surface area contributed by atoms with Gasteiger partial charge in [-0.15, -0.1) is 0 Å². The van der Waals surface area contributed by atoms with Crippen molar-refractivity contribution < 1.29 is 22.3 Å². The van der Waals surface area contributed by atoms with Crippen molar-refractivity contribution >= 4 is 15.8 Å². The fourth-order valence-electron chi connectivity index (χ4n) is 1.57. The van der Waals surface area contributed by atoms with Crippen LogP contribution in [0.25, 0.3) is 0 Å². The van der Waals surface area contributed by atoms with Crippen LogP contribution in [-0.2, 0) is 25.1 Å². The molecule has 0 aliphatic heterocycles. The Bertz CT molecular complexity index is 649. The Morgan fingerprint density at radius 3 is 2.70 bits per heavy atom. The lowest BCUT2D eigenvalue weighted by molar-refractivity contribution is -0.140. The smallest absolute Gasteiger partial charge is 0.306 e. The fourth-order valence-corrected chi connectivity index (χ4v) is 2.89. The van der Waals surface area contributed by atoms with Crippen LogP contribution in [0, 0.1) is 17.1 Å². The van der Waals surface area contributed by atoms with Crippen LogP contribution in [0.1, 0.15) is 24.5 Å². The molecule has 0 heterocycles. The molecule has 0 aliphatic rings. The predicted molar refractivity (Wildman–Crippen MR) is 69.8 cm³/mol. The van der Waals surface area contributed by atoms with E-state index < -0.39 is 26.9 Å². The maximum atomic E-state index is 13.1. The molecule has 0 radical (unpaired) electrons. The maximum Gasteiger partial charge on any atom is 0.306 e. The zero-order valence-corrected chi connectivity index (χ0v) is 11.9. The minimum atomic E-state index is -3.59. The molecule has 0 aliphatic carbocycles. The fraction of sp³-hybridized carbons (Fsp3) is 0.385. The van der Waals surface area contributed by atoms with Crippen molar-refractivity contribution in [3.63, 3.8) is 0 Å². The van der Waals surface area contributed by atoms with Gasteiger partial charge in [0, 0.05) is 0 Å². The molecule has 1 atom stereocenters. The van der Waals surface area contributed by atoms with E-state index >= 15 is 0 Å². The van der Waals surface area contributed by atoms with Gasteiger partial charge in [0.2, 0.25) is 0 Å². The molecule has 0 aromatic heterocycles. The van der Waals surface area contributed by atoms with Gasteiger partial charge < -0.3 is 4.74 Å². The average Bonchev–Trinajstić information content (AvgIpc) is 2.40. The monoisotopic (exact) mass is 299 g/mol. The van der Waals surface area contributed by atoms with Crippen molar-refractivity contribution in [2.75, 3.05) is 7.11 Å². The second-order valence-corrected chi connectivity index (χ2v) is 6.74. The molecule has 0 saturated carbocycles. The summed E-state index contributed by atoms with van der Waals surface area (Å²) in [4.78, 5) is 11.1. The van der Waals surface area contributed by atoms with Crippen LogP contribution in [0.4, 0.5) is 4.39 Å². The zero-order valence-electron chi connectivity index (χ0n) is 11.1. The van der Waals surface area contributed by atoms with Crippen LogP contribution < -0.4 is 0 Å². The Balaban J connectivity index is 2.91. The van der Waals surface area contributed by atoms with Crippen LogP contribution in [0.15, 0.2) is 18.2 Å². The summed E-state index contributed by atoms with van der Waals surface area (Å²) in [5.74, 6) is -1.67. The number of hydrogen-bond acceptors (Lipinski definition) is 5. The van der Waals surface area contributed by atoms with E-state index in [0.717, 1.165) is 6.07 Å². The van der Waals surface area contributed by atoms with E-state index in [9.17, 15) is 17.6 Å². The number of carbonyl (C=O) groups is 1. The third-order valence-electron chi connectivity index (χ3n) is 2.81. The first kappa shape index (κ1) is 16.1. The lowest BCUT2D eigenvalue weighted by Gasteiger charge is -2.12. The van der Waals surface area contributed by atoms with Crippen LogP contribution in [0.2, 0.25) is 0 Å². The molecule has 0 N–H and O–H groups in total. The minimum Gasteiger partial charge on any atom is -0.469 e. The molecular formula is C13H14FNO4S. The van der Waals surface area contributed by atoms with Crippen molar-refractivity contribution in [3.8, 4) is 6.07 Å². The first-order chi connectivity index (χ1) is 9.30. The summed E-state index contributed by atoms with van der Waals surface area (Å²) >= 11 is 0. The van der Waals surface area contributed by atoms with Crippen molar-refractivity contribution in [1.82, 2.24) is 0 Å². The molecule has 20 heavy (non-hydrogen) atoms. The number of hydrogen-bond donors (Lipinski definition) is 0. The SMILES string of the molecule is COC(=O)CC(C)S(=O)(=O)Cc1ccc(F)c(C#N)c1. The summed E-state index contributed by atoms with van der Waals surface area (Å²) < 4.78 is 41.7. The summed E-state index contributed by atoms with van der Waals surface area (Å²) in [5.41, 5.74) is 0.0954. The molecule has 1 rings (SSSR count). The van der Waals surface area contributed by atoms with Gasteiger partial charge in [0.1, 0.15) is 11.9 Å². The van der Waals surface area contributed by atoms with Gasteiger partial charge in [0.05, 0.1) is 30.1 Å². The topological polar surface area (TPSA) is 84.2 Å². The highest BCUT2D eigenvalue weighted by Gasteiger charge is 2.24. The second kappa shape index (κ2) is 6.48. The number of ether oxygens (including phenoxy) is 1. The van der Waals surface area contributed by atoms with Gasteiger partial charge >= 0.3 is 5.97 Å². The molecule has 0 spiro atoms. The molecule has 0 saturated heterocycles. The van der Waals surface area contributed by atoms with E-state index in [-0.39, 0.29) is 17.7 Å². The van der Waals surface area contributed by atoms with Crippen LogP contribution in [0.3, 0.4) is 0 Å². The van der Waals surface area contributed by atoms with Crippen molar-refractivity contribution in [1.29, 1.82) is 5.26 Å².